The summed E-state index contributed by atoms with van der Waals surface area (Å²) in [6, 6.07) is 63.2. The van der Waals surface area contributed by atoms with Gasteiger partial charge in [-0.05, 0) is 110 Å². The minimum Gasteiger partial charge on any atom is -0.367 e. The van der Waals surface area contributed by atoms with Crippen molar-refractivity contribution in [3.8, 4) is 33.4 Å². The second-order valence-corrected chi connectivity index (χ2v) is 13.2. The van der Waals surface area contributed by atoms with Gasteiger partial charge in [0, 0.05) is 18.8 Å². The molecule has 0 fully saturated rings. The minimum absolute atomic E-state index is 0.354. The van der Waals surface area contributed by atoms with Crippen LogP contribution in [-0.4, -0.2) is 6.54 Å². The predicted octanol–water partition coefficient (Wildman–Crippen LogP) is 11.3. The van der Waals surface area contributed by atoms with Gasteiger partial charge in [-0.3, -0.25) is 0 Å². The molecule has 1 nitrogen and oxygen atoms in total. The maximum atomic E-state index is 2.48. The highest BCUT2D eigenvalue weighted by Crippen LogP contribution is 2.56. The summed E-state index contributed by atoms with van der Waals surface area (Å²) in [6.45, 7) is 4.04. The first-order chi connectivity index (χ1) is 23.7. The summed E-state index contributed by atoms with van der Waals surface area (Å²) >= 11 is 0. The Hall–Kier alpha value is -5.66. The summed E-state index contributed by atoms with van der Waals surface area (Å²) in [5, 5.41) is 0. The predicted molar refractivity (Wildman–Crippen MR) is 201 cm³/mol. The van der Waals surface area contributed by atoms with Gasteiger partial charge in [0.05, 0.1) is 5.41 Å². The lowest BCUT2D eigenvalue weighted by Gasteiger charge is -2.34. The van der Waals surface area contributed by atoms with Gasteiger partial charge in [0.1, 0.15) is 0 Å². The summed E-state index contributed by atoms with van der Waals surface area (Å²) in [5.74, 6) is 0. The van der Waals surface area contributed by atoms with Crippen molar-refractivity contribution in [1.82, 2.24) is 0 Å². The Morgan fingerprint density at radius 1 is 0.479 bits per heavy atom. The van der Waals surface area contributed by atoms with Crippen molar-refractivity contribution in [2.45, 2.75) is 25.3 Å². The number of hydrogen-bond donors (Lipinski definition) is 0. The average Bonchev–Trinajstić information content (AvgIpc) is 3.68. The molecule has 0 saturated carbocycles. The molecule has 0 heterocycles. The molecule has 7 aromatic rings. The summed E-state index contributed by atoms with van der Waals surface area (Å²) < 4.78 is 0. The van der Waals surface area contributed by atoms with Gasteiger partial charge in [0.15, 0.2) is 0 Å². The Morgan fingerprint density at radius 2 is 1.08 bits per heavy atom. The van der Waals surface area contributed by atoms with Crippen LogP contribution in [0.5, 0.6) is 0 Å². The third kappa shape index (κ3) is 4.46. The SMILES string of the molecule is CCN(Cc1ccc2c(c1)-c1ccccc1C2(c1ccccc1)c1ccccc1)c1ccc(-c2ccc3c(c2)-c2ccccc2C3)cc1. The molecule has 0 bridgehead atoms. The van der Waals surface area contributed by atoms with Gasteiger partial charge in [-0.15, -0.1) is 0 Å². The van der Waals surface area contributed by atoms with Crippen molar-refractivity contribution < 1.29 is 0 Å². The van der Waals surface area contributed by atoms with E-state index in [4.69, 9.17) is 0 Å². The van der Waals surface area contributed by atoms with Crippen molar-refractivity contribution in [2.24, 2.45) is 0 Å². The van der Waals surface area contributed by atoms with Crippen molar-refractivity contribution in [3.63, 3.8) is 0 Å². The molecule has 230 valence electrons. The fourth-order valence-corrected chi connectivity index (χ4v) is 8.37. The molecule has 2 aliphatic carbocycles. The number of anilines is 1. The van der Waals surface area contributed by atoms with E-state index >= 15 is 0 Å². The molecule has 0 amide bonds. The number of rotatable bonds is 7. The molecule has 0 atom stereocenters. The molecule has 7 aromatic carbocycles. The van der Waals surface area contributed by atoms with E-state index in [0.29, 0.717) is 0 Å². The Kier molecular flexibility index (Phi) is 6.87. The highest BCUT2D eigenvalue weighted by Gasteiger charge is 2.45. The molecule has 0 aliphatic heterocycles. The molecule has 0 aromatic heterocycles. The fraction of sp³-hybridized carbons (Fsp3) is 0.106. The van der Waals surface area contributed by atoms with E-state index in [2.05, 4.69) is 182 Å². The Labute approximate surface area is 283 Å². The van der Waals surface area contributed by atoms with Crippen LogP contribution in [0, 0.1) is 0 Å². The first-order valence-electron chi connectivity index (χ1n) is 17.1. The van der Waals surface area contributed by atoms with Crippen molar-refractivity contribution in [2.75, 3.05) is 11.4 Å². The van der Waals surface area contributed by atoms with E-state index in [0.717, 1.165) is 19.5 Å². The minimum atomic E-state index is -0.354. The standard InChI is InChI=1S/C47H37N/c1-2-48(40-26-24-34(25-27-40)35-22-23-37-30-36-13-9-10-18-41(36)43(37)31-35)32-33-21-28-46-44(29-33)42-19-11-12-20-45(42)47(46,38-14-5-3-6-15-38)39-16-7-4-8-17-39/h3-29,31H,2,30,32H2,1H3. The monoisotopic (exact) mass is 615 g/mol. The van der Waals surface area contributed by atoms with Crippen LogP contribution in [-0.2, 0) is 18.4 Å². The maximum Gasteiger partial charge on any atom is 0.0713 e. The molecule has 0 N–H and O–H groups in total. The second kappa shape index (κ2) is 11.5. The van der Waals surface area contributed by atoms with Crippen LogP contribution in [0.3, 0.4) is 0 Å². The number of nitrogens with zero attached hydrogens (tertiary/aromatic N) is 1. The summed E-state index contributed by atoms with van der Waals surface area (Å²) in [4.78, 5) is 2.48. The molecule has 1 heteroatoms. The zero-order valence-electron chi connectivity index (χ0n) is 27.2. The first kappa shape index (κ1) is 28.6. The van der Waals surface area contributed by atoms with Gasteiger partial charge < -0.3 is 4.90 Å². The van der Waals surface area contributed by atoms with Crippen LogP contribution in [0.4, 0.5) is 5.69 Å². The van der Waals surface area contributed by atoms with E-state index in [1.165, 1.54) is 78.0 Å². The summed E-state index contributed by atoms with van der Waals surface area (Å²) in [5.41, 5.74) is 18.3. The van der Waals surface area contributed by atoms with Crippen molar-refractivity contribution in [3.05, 3.63) is 209 Å². The van der Waals surface area contributed by atoms with E-state index in [9.17, 15) is 0 Å². The molecule has 48 heavy (non-hydrogen) atoms. The Morgan fingerprint density at radius 3 is 1.81 bits per heavy atom. The molecule has 0 spiro atoms. The number of benzene rings is 7. The molecular formula is C47H37N. The highest BCUT2D eigenvalue weighted by atomic mass is 15.1. The van der Waals surface area contributed by atoms with Gasteiger partial charge in [-0.1, -0.05) is 146 Å². The van der Waals surface area contributed by atoms with Gasteiger partial charge in [-0.25, -0.2) is 0 Å². The second-order valence-electron chi connectivity index (χ2n) is 13.2. The van der Waals surface area contributed by atoms with Crippen molar-refractivity contribution in [1.29, 1.82) is 0 Å². The Balaban J connectivity index is 1.05. The number of hydrogen-bond acceptors (Lipinski definition) is 1. The molecule has 0 saturated heterocycles. The van der Waals surface area contributed by atoms with Crippen LogP contribution < -0.4 is 4.90 Å². The molecule has 2 aliphatic rings. The van der Waals surface area contributed by atoms with Gasteiger partial charge in [0.25, 0.3) is 0 Å². The van der Waals surface area contributed by atoms with Crippen LogP contribution in [0.1, 0.15) is 45.9 Å². The van der Waals surface area contributed by atoms with E-state index in [1.54, 1.807) is 0 Å². The molecule has 0 unspecified atom stereocenters. The van der Waals surface area contributed by atoms with Crippen LogP contribution in [0.25, 0.3) is 33.4 Å². The van der Waals surface area contributed by atoms with Crippen LogP contribution in [0.2, 0.25) is 0 Å². The Bertz CT molecular complexity index is 2220. The number of fused-ring (bicyclic) bond motifs is 6. The summed E-state index contributed by atoms with van der Waals surface area (Å²) in [7, 11) is 0. The largest absolute Gasteiger partial charge is 0.367 e. The van der Waals surface area contributed by atoms with Crippen LogP contribution >= 0.6 is 0 Å². The van der Waals surface area contributed by atoms with E-state index in [1.807, 2.05) is 0 Å². The third-order valence-corrected chi connectivity index (χ3v) is 10.6. The zero-order chi connectivity index (χ0) is 32.1. The van der Waals surface area contributed by atoms with Gasteiger partial charge in [-0.2, -0.15) is 0 Å². The molecule has 9 rings (SSSR count). The van der Waals surface area contributed by atoms with Crippen LogP contribution in [0.15, 0.2) is 170 Å². The first-order valence-corrected chi connectivity index (χ1v) is 17.1. The topological polar surface area (TPSA) is 3.24 Å². The summed E-state index contributed by atoms with van der Waals surface area (Å²) in [6.07, 6.45) is 1.03. The van der Waals surface area contributed by atoms with E-state index in [-0.39, 0.29) is 5.41 Å². The molecule has 0 radical (unpaired) electrons. The zero-order valence-corrected chi connectivity index (χ0v) is 27.2. The lowest BCUT2D eigenvalue weighted by atomic mass is 9.67. The van der Waals surface area contributed by atoms with Crippen molar-refractivity contribution >= 4 is 5.69 Å². The highest BCUT2D eigenvalue weighted by molar-refractivity contribution is 5.87. The molecular weight excluding hydrogens is 579 g/mol. The van der Waals surface area contributed by atoms with Gasteiger partial charge in [0.2, 0.25) is 0 Å². The average molecular weight is 616 g/mol. The third-order valence-electron chi connectivity index (χ3n) is 10.6. The van der Waals surface area contributed by atoms with Gasteiger partial charge >= 0.3 is 0 Å². The smallest absolute Gasteiger partial charge is 0.0713 e. The fourth-order valence-electron chi connectivity index (χ4n) is 8.37. The lowest BCUT2D eigenvalue weighted by molar-refractivity contribution is 0.767. The quantitative estimate of drug-likeness (QED) is 0.172. The lowest BCUT2D eigenvalue weighted by Crippen LogP contribution is -2.28. The maximum absolute atomic E-state index is 2.48. The van der Waals surface area contributed by atoms with E-state index < -0.39 is 0 Å². The normalized spacial score (nSPS) is 13.4.